The average molecular weight is 895 g/mol. The molecule has 0 atom stereocenters. The molecule has 0 bridgehead atoms. The number of para-hydroxylation sites is 1. The fourth-order valence-corrected chi connectivity index (χ4v) is 16.0. The summed E-state index contributed by atoms with van der Waals surface area (Å²) in [4.78, 5) is 0. The van der Waals surface area contributed by atoms with Gasteiger partial charge in [0.25, 0.3) is 0 Å². The Morgan fingerprint density at radius 2 is 0.638 bits per heavy atom. The average Bonchev–Trinajstić information content (AvgIpc) is 3.96. The molecule has 0 amide bonds. The molecule has 324 valence electrons. The van der Waals surface area contributed by atoms with Crippen molar-refractivity contribution in [2.24, 2.45) is 0 Å². The fraction of sp³-hybridized carbons (Fsp3) is 0. The van der Waals surface area contributed by atoms with Gasteiger partial charge in [-0.05, 0) is 103 Å². The Morgan fingerprint density at radius 1 is 0.232 bits per heavy atom. The first kappa shape index (κ1) is 40.5. The Balaban J connectivity index is 1.07. The van der Waals surface area contributed by atoms with E-state index in [2.05, 4.69) is 288 Å². The maximum atomic E-state index is 2.51. The van der Waals surface area contributed by atoms with Gasteiger partial charge >= 0.3 is 0 Å². The first-order valence-corrected chi connectivity index (χ1v) is 25.8. The Morgan fingerprint density at radius 3 is 1.22 bits per heavy atom. The van der Waals surface area contributed by atoms with Gasteiger partial charge in [-0.15, -0.1) is 0 Å². The largest absolute Gasteiger partial charge is 0.309 e. The van der Waals surface area contributed by atoms with Gasteiger partial charge in [0.05, 0.1) is 22.1 Å². The van der Waals surface area contributed by atoms with Crippen LogP contribution in [0.1, 0.15) is 0 Å². The number of fused-ring (bicyclic) bond motifs is 6. The molecular formula is C66H46N2Si. The summed E-state index contributed by atoms with van der Waals surface area (Å²) >= 11 is 0. The van der Waals surface area contributed by atoms with Crippen molar-refractivity contribution in [2.45, 2.75) is 0 Å². The summed E-state index contributed by atoms with van der Waals surface area (Å²) in [6.07, 6.45) is 0. The van der Waals surface area contributed by atoms with E-state index in [4.69, 9.17) is 0 Å². The van der Waals surface area contributed by atoms with Crippen molar-refractivity contribution in [3.63, 3.8) is 0 Å². The van der Waals surface area contributed by atoms with E-state index in [0.717, 1.165) is 11.4 Å². The number of hydrogen-bond donors (Lipinski definition) is 0. The van der Waals surface area contributed by atoms with Gasteiger partial charge in [0.15, 0.2) is 8.07 Å². The molecule has 2 heterocycles. The highest BCUT2D eigenvalue weighted by Crippen LogP contribution is 2.42. The van der Waals surface area contributed by atoms with E-state index in [1.165, 1.54) is 97.7 Å². The Kier molecular flexibility index (Phi) is 9.88. The second-order valence-corrected chi connectivity index (χ2v) is 21.8. The molecule has 0 radical (unpaired) electrons. The predicted molar refractivity (Wildman–Crippen MR) is 295 cm³/mol. The molecule has 3 heteroatoms. The standard InChI is InChI=1S/C66H46N2Si/c1-6-21-47(22-7-1)48-39-42-55(43-40-48)69(53-28-12-4-13-29-53,54-30-14-5-15-31-54)56-32-18-27-51(45-56)67-62-44-41-52(46-60(62)66-58(35-20-38-64(66)67)50-25-10-3-11-26-50)68-61-36-17-16-33-59(61)65-57(34-19-37-63(65)68)49-23-8-2-9-24-49/h1-46H. The van der Waals surface area contributed by atoms with E-state index in [1.54, 1.807) is 0 Å². The van der Waals surface area contributed by atoms with Crippen LogP contribution in [0.5, 0.6) is 0 Å². The summed E-state index contributed by atoms with van der Waals surface area (Å²) < 4.78 is 4.98. The van der Waals surface area contributed by atoms with E-state index in [-0.39, 0.29) is 0 Å². The summed E-state index contributed by atoms with van der Waals surface area (Å²) in [6.45, 7) is 0. The zero-order valence-corrected chi connectivity index (χ0v) is 39.0. The molecule has 0 spiro atoms. The van der Waals surface area contributed by atoms with Crippen LogP contribution in [0.25, 0.3) is 88.4 Å². The molecule has 0 N–H and O–H groups in total. The quantitative estimate of drug-likeness (QED) is 0.101. The molecule has 0 aliphatic carbocycles. The number of benzene rings is 11. The van der Waals surface area contributed by atoms with Gasteiger partial charge in [0.2, 0.25) is 0 Å². The molecule has 13 aromatic rings. The van der Waals surface area contributed by atoms with E-state index in [9.17, 15) is 0 Å². The van der Waals surface area contributed by atoms with Crippen LogP contribution in [0.4, 0.5) is 0 Å². The van der Waals surface area contributed by atoms with Crippen LogP contribution in [0.3, 0.4) is 0 Å². The zero-order chi connectivity index (χ0) is 45.7. The summed E-state index contributed by atoms with van der Waals surface area (Å²) in [6, 6.07) is 103. The maximum absolute atomic E-state index is 2.91. The van der Waals surface area contributed by atoms with E-state index >= 15 is 0 Å². The van der Waals surface area contributed by atoms with Crippen molar-refractivity contribution in [1.29, 1.82) is 0 Å². The lowest BCUT2D eigenvalue weighted by molar-refractivity contribution is 1.17. The van der Waals surface area contributed by atoms with Crippen molar-refractivity contribution >= 4 is 72.4 Å². The monoisotopic (exact) mass is 894 g/mol. The molecule has 0 unspecified atom stereocenters. The second kappa shape index (κ2) is 16.8. The van der Waals surface area contributed by atoms with Gasteiger partial charge in [0, 0.05) is 32.9 Å². The third kappa shape index (κ3) is 6.62. The van der Waals surface area contributed by atoms with Crippen LogP contribution >= 0.6 is 0 Å². The minimum Gasteiger partial charge on any atom is -0.309 e. The van der Waals surface area contributed by atoms with E-state index < -0.39 is 8.07 Å². The lowest BCUT2D eigenvalue weighted by atomic mass is 9.99. The lowest BCUT2D eigenvalue weighted by Gasteiger charge is -2.35. The van der Waals surface area contributed by atoms with Crippen molar-refractivity contribution in [3.8, 4) is 44.8 Å². The van der Waals surface area contributed by atoms with Crippen LogP contribution in [0, 0.1) is 0 Å². The molecule has 0 aliphatic heterocycles. The molecule has 0 saturated carbocycles. The van der Waals surface area contributed by atoms with Crippen molar-refractivity contribution in [2.75, 3.05) is 0 Å². The number of rotatable bonds is 9. The highest BCUT2D eigenvalue weighted by molar-refractivity contribution is 7.19. The van der Waals surface area contributed by atoms with Gasteiger partial charge in [-0.3, -0.25) is 0 Å². The van der Waals surface area contributed by atoms with Gasteiger partial charge in [0.1, 0.15) is 0 Å². The Bertz CT molecular complexity index is 3930. The topological polar surface area (TPSA) is 9.86 Å². The molecule has 13 rings (SSSR count). The normalized spacial score (nSPS) is 11.8. The molecule has 0 fully saturated rings. The molecule has 0 aliphatic rings. The molecule has 2 aromatic heterocycles. The van der Waals surface area contributed by atoms with Gasteiger partial charge in [-0.2, -0.15) is 0 Å². The fourth-order valence-electron chi connectivity index (χ4n) is 11.3. The second-order valence-electron chi connectivity index (χ2n) is 18.0. The summed E-state index contributed by atoms with van der Waals surface area (Å²) in [7, 11) is -2.91. The summed E-state index contributed by atoms with van der Waals surface area (Å²) in [5.74, 6) is 0. The van der Waals surface area contributed by atoms with Gasteiger partial charge in [-0.1, -0.05) is 231 Å². The highest BCUT2D eigenvalue weighted by Gasteiger charge is 2.41. The van der Waals surface area contributed by atoms with E-state index in [0.29, 0.717) is 0 Å². The van der Waals surface area contributed by atoms with Crippen molar-refractivity contribution < 1.29 is 0 Å². The van der Waals surface area contributed by atoms with Crippen LogP contribution in [-0.2, 0) is 0 Å². The van der Waals surface area contributed by atoms with Crippen LogP contribution < -0.4 is 20.7 Å². The predicted octanol–water partition coefficient (Wildman–Crippen LogP) is 14.3. The Labute approximate surface area is 403 Å². The number of nitrogens with zero attached hydrogens (tertiary/aromatic N) is 2. The minimum absolute atomic E-state index is 1.13. The van der Waals surface area contributed by atoms with Crippen molar-refractivity contribution in [3.05, 3.63) is 279 Å². The number of hydrogen-bond acceptors (Lipinski definition) is 0. The SMILES string of the molecule is c1ccc(-c2ccc([Si](c3ccccc3)(c3ccccc3)c3cccc(-n4c5ccc(-n6c7ccccc7c7c(-c8ccccc8)cccc76)cc5c5c(-c6ccccc6)cccc54)c3)cc2)cc1. The van der Waals surface area contributed by atoms with Crippen LogP contribution in [0.15, 0.2) is 279 Å². The highest BCUT2D eigenvalue weighted by atomic mass is 28.3. The molecule has 0 saturated heterocycles. The van der Waals surface area contributed by atoms with E-state index in [1.807, 2.05) is 0 Å². The smallest absolute Gasteiger partial charge is 0.179 e. The Hall–Kier alpha value is -8.76. The minimum atomic E-state index is -2.91. The van der Waals surface area contributed by atoms with Crippen LogP contribution in [-0.4, -0.2) is 17.2 Å². The van der Waals surface area contributed by atoms with Crippen molar-refractivity contribution in [1.82, 2.24) is 9.13 Å². The first-order valence-electron chi connectivity index (χ1n) is 23.8. The third-order valence-electron chi connectivity index (χ3n) is 14.3. The first-order chi connectivity index (χ1) is 34.3. The molecule has 2 nitrogen and oxygen atoms in total. The van der Waals surface area contributed by atoms with Gasteiger partial charge < -0.3 is 9.13 Å². The summed E-state index contributed by atoms with van der Waals surface area (Å²) in [5, 5.41) is 10.3. The zero-order valence-electron chi connectivity index (χ0n) is 38.0. The van der Waals surface area contributed by atoms with Crippen LogP contribution in [0.2, 0.25) is 0 Å². The molecular weight excluding hydrogens is 849 g/mol. The molecule has 69 heavy (non-hydrogen) atoms. The lowest BCUT2D eigenvalue weighted by Crippen LogP contribution is -2.74. The summed E-state index contributed by atoms with van der Waals surface area (Å²) in [5.41, 5.74) is 14.3. The van der Waals surface area contributed by atoms with Gasteiger partial charge in [-0.25, -0.2) is 0 Å². The third-order valence-corrected chi connectivity index (χ3v) is 19.1. The molecule has 11 aromatic carbocycles. The number of aromatic nitrogens is 2. The maximum Gasteiger partial charge on any atom is 0.179 e.